The first-order valence-corrected chi connectivity index (χ1v) is 6.62. The van der Waals surface area contributed by atoms with Crippen molar-refractivity contribution in [3.05, 3.63) is 21.3 Å². The van der Waals surface area contributed by atoms with Crippen molar-refractivity contribution in [2.45, 2.75) is 19.4 Å². The molecule has 15 heavy (non-hydrogen) atoms. The highest BCUT2D eigenvalue weighted by Gasteiger charge is 2.12. The maximum atomic E-state index is 5.85. The van der Waals surface area contributed by atoms with Gasteiger partial charge in [-0.1, -0.05) is 11.6 Å². The number of hydrogen-bond acceptors (Lipinski definition) is 3. The Morgan fingerprint density at radius 1 is 1.60 bits per heavy atom. The molecule has 0 aromatic carbocycles. The van der Waals surface area contributed by atoms with Crippen LogP contribution in [0.4, 0.5) is 0 Å². The third kappa shape index (κ3) is 3.76. The Morgan fingerprint density at radius 2 is 2.53 bits per heavy atom. The second kappa shape index (κ2) is 5.85. The van der Waals surface area contributed by atoms with E-state index in [1.807, 2.05) is 11.4 Å². The molecule has 1 saturated heterocycles. The molecule has 1 N–H and O–H groups in total. The van der Waals surface area contributed by atoms with Crippen molar-refractivity contribution in [1.29, 1.82) is 0 Å². The van der Waals surface area contributed by atoms with Crippen LogP contribution in [0.1, 0.15) is 17.7 Å². The van der Waals surface area contributed by atoms with E-state index >= 15 is 0 Å². The lowest BCUT2D eigenvalue weighted by Crippen LogP contribution is -2.28. The van der Waals surface area contributed by atoms with Crippen LogP contribution in [0.5, 0.6) is 0 Å². The molecule has 1 atom stereocenters. The molecule has 0 saturated carbocycles. The Bertz CT molecular complexity index is 297. The highest BCUT2D eigenvalue weighted by molar-refractivity contribution is 7.10. The van der Waals surface area contributed by atoms with Gasteiger partial charge in [0.25, 0.3) is 0 Å². The third-order valence-electron chi connectivity index (χ3n) is 2.61. The van der Waals surface area contributed by atoms with E-state index in [1.54, 1.807) is 11.3 Å². The average Bonchev–Trinajstić information content (AvgIpc) is 2.66. The molecule has 4 heteroatoms. The summed E-state index contributed by atoms with van der Waals surface area (Å²) < 4.78 is 5.43. The molecule has 0 aliphatic carbocycles. The topological polar surface area (TPSA) is 21.3 Å². The van der Waals surface area contributed by atoms with Gasteiger partial charge in [0.2, 0.25) is 0 Å². The quantitative estimate of drug-likeness (QED) is 0.881. The summed E-state index contributed by atoms with van der Waals surface area (Å²) >= 11 is 7.56. The molecular formula is C11H16ClNOS. The van der Waals surface area contributed by atoms with E-state index in [0.29, 0.717) is 5.92 Å². The lowest BCUT2D eigenvalue weighted by molar-refractivity contribution is 0.0548. The minimum absolute atomic E-state index is 0.689. The largest absolute Gasteiger partial charge is 0.381 e. The Balaban J connectivity index is 1.65. The second-order valence-corrected chi connectivity index (χ2v) is 5.38. The van der Waals surface area contributed by atoms with Crippen molar-refractivity contribution in [1.82, 2.24) is 5.32 Å². The number of nitrogens with one attached hydrogen (secondary N) is 1. The third-order valence-corrected chi connectivity index (χ3v) is 3.89. The van der Waals surface area contributed by atoms with Crippen LogP contribution >= 0.6 is 22.9 Å². The number of hydrogen-bond donors (Lipinski definition) is 1. The first kappa shape index (κ1) is 11.4. The van der Waals surface area contributed by atoms with Crippen LogP contribution in [0, 0.1) is 5.92 Å². The standard InChI is InChI=1S/C11H16ClNOS/c12-10-4-11(15-8-10)6-13-5-9-2-1-3-14-7-9/h4,8-9,13H,1-3,5-7H2. The van der Waals surface area contributed by atoms with Gasteiger partial charge in [0, 0.05) is 30.0 Å². The molecule has 1 aromatic heterocycles. The number of ether oxygens (including phenoxy) is 1. The van der Waals surface area contributed by atoms with Crippen LogP contribution in [0.25, 0.3) is 0 Å². The summed E-state index contributed by atoms with van der Waals surface area (Å²) in [4.78, 5) is 1.30. The van der Waals surface area contributed by atoms with Gasteiger partial charge < -0.3 is 10.1 Å². The van der Waals surface area contributed by atoms with Gasteiger partial charge in [0.15, 0.2) is 0 Å². The molecule has 1 aliphatic heterocycles. The molecular weight excluding hydrogens is 230 g/mol. The van der Waals surface area contributed by atoms with E-state index in [0.717, 1.165) is 31.3 Å². The van der Waals surface area contributed by atoms with E-state index in [1.165, 1.54) is 17.7 Å². The molecule has 0 radical (unpaired) electrons. The lowest BCUT2D eigenvalue weighted by atomic mass is 10.0. The molecule has 1 unspecified atom stereocenters. The van der Waals surface area contributed by atoms with Gasteiger partial charge in [-0.15, -0.1) is 11.3 Å². The molecule has 0 spiro atoms. The zero-order valence-corrected chi connectivity index (χ0v) is 10.2. The molecule has 1 aromatic rings. The van der Waals surface area contributed by atoms with E-state index in [4.69, 9.17) is 16.3 Å². The number of rotatable bonds is 4. The van der Waals surface area contributed by atoms with Crippen molar-refractivity contribution >= 4 is 22.9 Å². The molecule has 0 amide bonds. The van der Waals surface area contributed by atoms with Gasteiger partial charge >= 0.3 is 0 Å². The Morgan fingerprint density at radius 3 is 3.20 bits per heavy atom. The van der Waals surface area contributed by atoms with Crippen LogP contribution in [0.2, 0.25) is 5.02 Å². The molecule has 1 fully saturated rings. The predicted molar refractivity (Wildman–Crippen MR) is 64.6 cm³/mol. The van der Waals surface area contributed by atoms with Crippen LogP contribution in [0.3, 0.4) is 0 Å². The first-order valence-electron chi connectivity index (χ1n) is 5.36. The van der Waals surface area contributed by atoms with Gasteiger partial charge in [-0.2, -0.15) is 0 Å². The fourth-order valence-electron chi connectivity index (χ4n) is 1.81. The fraction of sp³-hybridized carbons (Fsp3) is 0.636. The van der Waals surface area contributed by atoms with E-state index in [-0.39, 0.29) is 0 Å². The molecule has 84 valence electrons. The number of halogens is 1. The summed E-state index contributed by atoms with van der Waals surface area (Å²) in [6.07, 6.45) is 2.50. The maximum absolute atomic E-state index is 5.85. The smallest absolute Gasteiger partial charge is 0.0516 e. The first-order chi connectivity index (χ1) is 7.34. The summed E-state index contributed by atoms with van der Waals surface area (Å²) in [7, 11) is 0. The summed E-state index contributed by atoms with van der Waals surface area (Å²) in [5, 5.41) is 6.28. The van der Waals surface area contributed by atoms with Crippen molar-refractivity contribution < 1.29 is 4.74 Å². The van der Waals surface area contributed by atoms with Gasteiger partial charge in [-0.05, 0) is 24.8 Å². The number of thiophene rings is 1. The molecule has 2 heterocycles. The molecule has 2 nitrogen and oxygen atoms in total. The minimum Gasteiger partial charge on any atom is -0.381 e. The summed E-state index contributed by atoms with van der Waals surface area (Å²) in [6.45, 7) is 3.83. The highest BCUT2D eigenvalue weighted by atomic mass is 35.5. The average molecular weight is 246 g/mol. The summed E-state index contributed by atoms with van der Waals surface area (Å²) in [5.41, 5.74) is 0. The fourth-order valence-corrected chi connectivity index (χ4v) is 2.86. The minimum atomic E-state index is 0.689. The van der Waals surface area contributed by atoms with Crippen molar-refractivity contribution in [2.24, 2.45) is 5.92 Å². The van der Waals surface area contributed by atoms with Crippen molar-refractivity contribution in [2.75, 3.05) is 19.8 Å². The normalized spacial score (nSPS) is 21.8. The van der Waals surface area contributed by atoms with Gasteiger partial charge in [-0.3, -0.25) is 0 Å². The molecule has 2 rings (SSSR count). The summed E-state index contributed by atoms with van der Waals surface area (Å²) in [6, 6.07) is 2.02. The van der Waals surface area contributed by atoms with E-state index < -0.39 is 0 Å². The van der Waals surface area contributed by atoms with Crippen molar-refractivity contribution in [3.8, 4) is 0 Å². The monoisotopic (exact) mass is 245 g/mol. The molecule has 1 aliphatic rings. The SMILES string of the molecule is Clc1csc(CNCC2CCCOC2)c1. The van der Waals surface area contributed by atoms with Crippen LogP contribution in [-0.2, 0) is 11.3 Å². The maximum Gasteiger partial charge on any atom is 0.0516 e. The second-order valence-electron chi connectivity index (χ2n) is 3.95. The molecule has 0 bridgehead atoms. The van der Waals surface area contributed by atoms with Gasteiger partial charge in [0.1, 0.15) is 0 Å². The Kier molecular flexibility index (Phi) is 4.44. The zero-order valence-electron chi connectivity index (χ0n) is 8.67. The predicted octanol–water partition coefficient (Wildman–Crippen LogP) is 2.92. The highest BCUT2D eigenvalue weighted by Crippen LogP contribution is 2.19. The van der Waals surface area contributed by atoms with Crippen LogP contribution < -0.4 is 5.32 Å². The lowest BCUT2D eigenvalue weighted by Gasteiger charge is -2.22. The summed E-state index contributed by atoms with van der Waals surface area (Å²) in [5.74, 6) is 0.689. The Labute approximate surface area is 99.6 Å². The Hall–Kier alpha value is -0.0900. The van der Waals surface area contributed by atoms with Crippen LogP contribution in [-0.4, -0.2) is 19.8 Å². The van der Waals surface area contributed by atoms with E-state index in [9.17, 15) is 0 Å². The van der Waals surface area contributed by atoms with Gasteiger partial charge in [0.05, 0.1) is 11.6 Å². The zero-order chi connectivity index (χ0) is 10.5. The van der Waals surface area contributed by atoms with Crippen molar-refractivity contribution in [3.63, 3.8) is 0 Å². The van der Waals surface area contributed by atoms with E-state index in [2.05, 4.69) is 5.32 Å². The van der Waals surface area contributed by atoms with Crippen LogP contribution in [0.15, 0.2) is 11.4 Å². The van der Waals surface area contributed by atoms with Gasteiger partial charge in [-0.25, -0.2) is 0 Å².